The molecule has 266 valence electrons. The Morgan fingerprint density at radius 2 is 0.839 bits per heavy atom. The van der Waals surface area contributed by atoms with Crippen LogP contribution in [0.15, 0.2) is 188 Å². The fourth-order valence-electron chi connectivity index (χ4n) is 7.06. The Hall–Kier alpha value is -6.64. The van der Waals surface area contributed by atoms with Crippen LogP contribution in [-0.2, 0) is 29.4 Å². The first kappa shape index (κ1) is 39.1. The normalized spacial score (nSPS) is 10.2. The van der Waals surface area contributed by atoms with E-state index in [2.05, 4.69) is 194 Å². The van der Waals surface area contributed by atoms with Crippen LogP contribution in [0.1, 0.15) is 0 Å². The first-order valence-electron chi connectivity index (χ1n) is 17.5. The molecule has 0 N–H and O–H groups in total. The van der Waals surface area contributed by atoms with Crippen LogP contribution in [0.2, 0.25) is 0 Å². The molecule has 0 spiro atoms. The van der Waals surface area contributed by atoms with E-state index < -0.39 is 0 Å². The molecule has 0 unspecified atom stereocenters. The largest absolute Gasteiger partial charge is 3.00 e. The number of nitrogens with zero attached hydrogens (tertiary/aromatic N) is 2. The van der Waals surface area contributed by atoms with E-state index in [1.807, 2.05) is 35.1 Å². The topological polar surface area (TPSA) is 57.6 Å². The van der Waals surface area contributed by atoms with Crippen LogP contribution < -0.4 is 0 Å². The van der Waals surface area contributed by atoms with Crippen molar-refractivity contribution in [1.82, 2.24) is 9.78 Å². The van der Waals surface area contributed by atoms with Crippen molar-refractivity contribution < 1.29 is 29.4 Å². The Morgan fingerprint density at radius 3 is 1.25 bits per heavy atom. The van der Waals surface area contributed by atoms with Crippen molar-refractivity contribution in [1.29, 1.82) is 0 Å². The van der Waals surface area contributed by atoms with Gasteiger partial charge in [-0.3, -0.25) is 4.68 Å². The molecule has 0 aliphatic heterocycles. The minimum atomic E-state index is 0. The van der Waals surface area contributed by atoms with Crippen LogP contribution in [0.5, 0.6) is 0 Å². The first-order chi connectivity index (χ1) is 27.3. The molecule has 0 atom stereocenters. The molecule has 4 nitrogen and oxygen atoms in total. The predicted octanol–water partition coefficient (Wildman–Crippen LogP) is 12.4. The van der Waals surface area contributed by atoms with Crippen LogP contribution >= 0.6 is 0 Å². The molecule has 9 aromatic rings. The van der Waals surface area contributed by atoms with E-state index in [4.69, 9.17) is 9.30 Å². The Bertz CT molecular complexity index is 2630. The van der Waals surface area contributed by atoms with Gasteiger partial charge >= 0.3 is 42.7 Å². The monoisotopic (exact) mass is 896 g/mol. The molecular formula is C51H31IrN2O2. The number of fused-ring (bicyclic) bond motifs is 1. The van der Waals surface area contributed by atoms with E-state index in [1.54, 1.807) is 0 Å². The number of rotatable bonds is 7. The quantitative estimate of drug-likeness (QED) is 0.116. The van der Waals surface area contributed by atoms with Gasteiger partial charge in [0.05, 0.1) is 11.7 Å². The molecule has 8 aromatic carbocycles. The molecular weight excluding hydrogens is 865 g/mol. The van der Waals surface area contributed by atoms with Crippen LogP contribution in [0, 0.1) is 31.5 Å². The van der Waals surface area contributed by atoms with Crippen molar-refractivity contribution in [3.63, 3.8) is 0 Å². The van der Waals surface area contributed by atoms with Crippen LogP contribution in [-0.4, -0.2) is 9.78 Å². The van der Waals surface area contributed by atoms with Gasteiger partial charge in [0.2, 0.25) is 0 Å². The maximum Gasteiger partial charge on any atom is 3.00 e. The van der Waals surface area contributed by atoms with E-state index >= 15 is 0 Å². The van der Waals surface area contributed by atoms with Crippen LogP contribution in [0.3, 0.4) is 0 Å². The zero-order valence-electron chi connectivity index (χ0n) is 29.9. The Labute approximate surface area is 340 Å². The Kier molecular flexibility index (Phi) is 13.0. The summed E-state index contributed by atoms with van der Waals surface area (Å²) in [5.74, 6) is 0. The second kappa shape index (κ2) is 18.6. The third kappa shape index (κ3) is 8.06. The fourth-order valence-corrected chi connectivity index (χ4v) is 7.06. The summed E-state index contributed by atoms with van der Waals surface area (Å²) >= 11 is 0. The minimum absolute atomic E-state index is 0. The van der Waals surface area contributed by atoms with Crippen LogP contribution in [0.25, 0.3) is 83.4 Å². The molecule has 0 radical (unpaired) electrons. The summed E-state index contributed by atoms with van der Waals surface area (Å²) < 4.78 is 16.9. The zero-order valence-corrected chi connectivity index (χ0v) is 32.3. The predicted molar refractivity (Wildman–Crippen MR) is 218 cm³/mol. The van der Waals surface area contributed by atoms with Crippen molar-refractivity contribution in [2.75, 3.05) is 0 Å². The summed E-state index contributed by atoms with van der Waals surface area (Å²) in [6.07, 6.45) is 1.90. The van der Waals surface area contributed by atoms with Gasteiger partial charge in [-0.1, -0.05) is 108 Å². The maximum atomic E-state index is 7.50. The number of para-hydroxylation sites is 1. The first-order valence-corrected chi connectivity index (χ1v) is 17.5. The van der Waals surface area contributed by atoms with Gasteiger partial charge < -0.3 is 0 Å². The van der Waals surface area contributed by atoms with Gasteiger partial charge in [0, 0.05) is 5.39 Å². The summed E-state index contributed by atoms with van der Waals surface area (Å²) in [5.41, 5.74) is 15.8. The Morgan fingerprint density at radius 1 is 0.429 bits per heavy atom. The summed E-state index contributed by atoms with van der Waals surface area (Å²) in [4.78, 5) is 0. The third-order valence-corrected chi connectivity index (χ3v) is 9.50. The van der Waals surface area contributed by atoms with Gasteiger partial charge in [-0.25, -0.2) is 0 Å². The van der Waals surface area contributed by atoms with E-state index in [0.29, 0.717) is 0 Å². The van der Waals surface area contributed by atoms with Crippen molar-refractivity contribution >= 4 is 10.9 Å². The van der Waals surface area contributed by atoms with Gasteiger partial charge in [0.1, 0.15) is 0 Å². The van der Waals surface area contributed by atoms with E-state index in [1.165, 1.54) is 22.3 Å². The number of aromatic nitrogens is 2. The average molecular weight is 896 g/mol. The van der Waals surface area contributed by atoms with Gasteiger partial charge in [0.25, 0.3) is 0 Å². The summed E-state index contributed by atoms with van der Waals surface area (Å²) in [7, 11) is 0. The molecule has 56 heavy (non-hydrogen) atoms. The Balaban J connectivity index is 0.00000103. The average Bonchev–Trinajstić information content (AvgIpc) is 3.73. The molecule has 5 heteroatoms. The molecule has 1 heterocycles. The second-order valence-corrected chi connectivity index (χ2v) is 12.6. The number of hydrogen-bond donors (Lipinski definition) is 0. The third-order valence-electron chi connectivity index (χ3n) is 9.50. The van der Waals surface area contributed by atoms with Gasteiger partial charge in [0.15, 0.2) is 0 Å². The SMILES string of the molecule is [C-]#[O+].[C-]#[O+].[Ir+3].[c-]1cccc(-c2ccccc2-c2cc(-c3ccccc3-c3c[c-]ccc3)cc(-c3ccccc3-c3c[c-]c(-n4ncc5ccccc54)cc3)c2)c1. The molecule has 0 fully saturated rings. The molecule has 0 bridgehead atoms. The summed E-state index contributed by atoms with van der Waals surface area (Å²) in [6.45, 7) is 9.00. The van der Waals surface area contributed by atoms with Crippen molar-refractivity contribution in [2.24, 2.45) is 0 Å². The number of benzene rings is 8. The zero-order chi connectivity index (χ0) is 38.0. The standard InChI is InChI=1S/C49H31N2.2CO.Ir/c1-3-15-35(16-4-1)43-20-8-11-23-46(43)39-31-40(47-24-12-9-21-44(47)36-17-5-2-6-18-36)33-41(32-39)48-25-13-10-22-45(48)37-27-29-42(30-28-37)51-49-26-14-7-19-38(49)34-50-51;2*1-2;/h1-3,5,7-29,31-34H;;;/q-3;;;+3. The molecule has 1 aromatic heterocycles. The van der Waals surface area contributed by atoms with Crippen molar-refractivity contribution in [3.05, 3.63) is 220 Å². The van der Waals surface area contributed by atoms with Gasteiger partial charge in [-0.2, -0.15) is 84.0 Å². The van der Waals surface area contributed by atoms with E-state index in [0.717, 1.165) is 61.1 Å². The van der Waals surface area contributed by atoms with Gasteiger partial charge in [-0.05, 0) is 63.3 Å². The summed E-state index contributed by atoms with van der Waals surface area (Å²) in [5, 5.41) is 5.76. The number of hydrogen-bond acceptors (Lipinski definition) is 1. The molecule has 0 aliphatic rings. The molecule has 0 saturated heterocycles. The second-order valence-electron chi connectivity index (χ2n) is 12.6. The van der Waals surface area contributed by atoms with E-state index in [9.17, 15) is 0 Å². The van der Waals surface area contributed by atoms with Gasteiger partial charge in [-0.15, -0.1) is 22.8 Å². The smallest absolute Gasteiger partial charge is 0.258 e. The fraction of sp³-hybridized carbons (Fsp3) is 0. The molecule has 0 amide bonds. The van der Waals surface area contributed by atoms with Crippen molar-refractivity contribution in [2.45, 2.75) is 0 Å². The molecule has 0 aliphatic carbocycles. The summed E-state index contributed by atoms with van der Waals surface area (Å²) in [6, 6.07) is 74.1. The van der Waals surface area contributed by atoms with Crippen LogP contribution in [0.4, 0.5) is 0 Å². The van der Waals surface area contributed by atoms with Crippen molar-refractivity contribution in [3.8, 4) is 72.4 Å². The van der Waals surface area contributed by atoms with E-state index in [-0.39, 0.29) is 20.1 Å². The molecule has 9 rings (SSSR count). The minimum Gasteiger partial charge on any atom is -0.258 e. The maximum absolute atomic E-state index is 7.50. The molecule has 0 saturated carbocycles.